The zero-order chi connectivity index (χ0) is 17.8. The van der Waals surface area contributed by atoms with Gasteiger partial charge in [0.05, 0.1) is 11.4 Å². The zero-order valence-corrected chi connectivity index (χ0v) is 14.7. The molecule has 128 valence electrons. The molecule has 0 bridgehead atoms. The predicted octanol–water partition coefficient (Wildman–Crippen LogP) is 3.66. The SMILES string of the molecule is Cc1cccc(-c2nnc(SCC(=O)Nc3ccccc3F)n2C)c1. The topological polar surface area (TPSA) is 59.8 Å². The third-order valence-electron chi connectivity index (χ3n) is 3.59. The van der Waals surface area contributed by atoms with Crippen molar-refractivity contribution in [2.24, 2.45) is 7.05 Å². The summed E-state index contributed by atoms with van der Waals surface area (Å²) < 4.78 is 15.4. The minimum atomic E-state index is -0.457. The number of para-hydroxylation sites is 1. The van der Waals surface area contributed by atoms with Gasteiger partial charge in [-0.25, -0.2) is 4.39 Å². The number of thioether (sulfide) groups is 1. The van der Waals surface area contributed by atoms with Crippen LogP contribution in [-0.4, -0.2) is 26.4 Å². The van der Waals surface area contributed by atoms with E-state index in [0.717, 1.165) is 17.0 Å². The van der Waals surface area contributed by atoms with E-state index in [0.29, 0.717) is 5.16 Å². The Kier molecular flexibility index (Phi) is 5.14. The van der Waals surface area contributed by atoms with Crippen molar-refractivity contribution >= 4 is 23.4 Å². The minimum absolute atomic E-state index is 0.119. The fraction of sp³-hybridized carbons (Fsp3) is 0.167. The molecule has 0 aliphatic carbocycles. The van der Waals surface area contributed by atoms with E-state index in [-0.39, 0.29) is 17.3 Å². The molecule has 0 aliphatic heterocycles. The number of hydrogen-bond acceptors (Lipinski definition) is 4. The molecular weight excluding hydrogens is 339 g/mol. The molecule has 0 atom stereocenters. The maximum absolute atomic E-state index is 13.6. The van der Waals surface area contributed by atoms with Gasteiger partial charge in [0.15, 0.2) is 11.0 Å². The summed E-state index contributed by atoms with van der Waals surface area (Å²) in [4.78, 5) is 12.0. The normalized spacial score (nSPS) is 10.7. The Morgan fingerprint density at radius 1 is 1.20 bits per heavy atom. The van der Waals surface area contributed by atoms with Crippen molar-refractivity contribution in [2.75, 3.05) is 11.1 Å². The van der Waals surface area contributed by atoms with Crippen LogP contribution in [0.2, 0.25) is 0 Å². The second kappa shape index (κ2) is 7.48. The fourth-order valence-corrected chi connectivity index (χ4v) is 3.07. The van der Waals surface area contributed by atoms with Crippen LogP contribution in [0.25, 0.3) is 11.4 Å². The summed E-state index contributed by atoms with van der Waals surface area (Å²) in [6.07, 6.45) is 0. The number of rotatable bonds is 5. The predicted molar refractivity (Wildman–Crippen MR) is 96.9 cm³/mol. The summed E-state index contributed by atoms with van der Waals surface area (Å²) in [6, 6.07) is 14.1. The summed E-state index contributed by atoms with van der Waals surface area (Å²) >= 11 is 1.25. The first-order valence-corrected chi connectivity index (χ1v) is 8.67. The number of nitrogens with one attached hydrogen (secondary N) is 1. The lowest BCUT2D eigenvalue weighted by molar-refractivity contribution is -0.113. The van der Waals surface area contributed by atoms with E-state index in [2.05, 4.69) is 15.5 Å². The number of amides is 1. The average Bonchev–Trinajstić information content (AvgIpc) is 2.96. The van der Waals surface area contributed by atoms with Crippen molar-refractivity contribution in [1.82, 2.24) is 14.8 Å². The van der Waals surface area contributed by atoms with Crippen molar-refractivity contribution in [3.05, 3.63) is 59.9 Å². The van der Waals surface area contributed by atoms with Crippen LogP contribution in [0, 0.1) is 12.7 Å². The van der Waals surface area contributed by atoms with Gasteiger partial charge >= 0.3 is 0 Å². The number of aryl methyl sites for hydroxylation is 1. The van der Waals surface area contributed by atoms with Crippen LogP contribution in [0.15, 0.2) is 53.7 Å². The van der Waals surface area contributed by atoms with Crippen molar-refractivity contribution in [2.45, 2.75) is 12.1 Å². The third-order valence-corrected chi connectivity index (χ3v) is 4.61. The van der Waals surface area contributed by atoms with Crippen LogP contribution >= 0.6 is 11.8 Å². The Labute approximate surface area is 149 Å². The Bertz CT molecular complexity index is 910. The minimum Gasteiger partial charge on any atom is -0.323 e. The average molecular weight is 356 g/mol. The first-order valence-electron chi connectivity index (χ1n) is 7.68. The lowest BCUT2D eigenvalue weighted by Crippen LogP contribution is -2.15. The smallest absolute Gasteiger partial charge is 0.234 e. The number of anilines is 1. The van der Waals surface area contributed by atoms with Crippen molar-refractivity contribution in [1.29, 1.82) is 0 Å². The molecular formula is C18H17FN4OS. The van der Waals surface area contributed by atoms with Gasteiger partial charge in [-0.2, -0.15) is 0 Å². The first-order chi connectivity index (χ1) is 12.0. The Hall–Kier alpha value is -2.67. The number of aromatic nitrogens is 3. The van der Waals surface area contributed by atoms with Gasteiger partial charge in [-0.15, -0.1) is 10.2 Å². The highest BCUT2D eigenvalue weighted by Gasteiger charge is 2.13. The summed E-state index contributed by atoms with van der Waals surface area (Å²) in [5.74, 6) is 0.103. The molecule has 1 aromatic heterocycles. The molecule has 0 saturated heterocycles. The van der Waals surface area contributed by atoms with E-state index in [9.17, 15) is 9.18 Å². The van der Waals surface area contributed by atoms with Gasteiger partial charge < -0.3 is 9.88 Å². The number of hydrogen-bond donors (Lipinski definition) is 1. The molecule has 0 fully saturated rings. The van der Waals surface area contributed by atoms with Crippen molar-refractivity contribution in [3.8, 4) is 11.4 Å². The van der Waals surface area contributed by atoms with Crippen molar-refractivity contribution in [3.63, 3.8) is 0 Å². The number of benzene rings is 2. The molecule has 3 rings (SSSR count). The summed E-state index contributed by atoms with van der Waals surface area (Å²) in [7, 11) is 1.86. The molecule has 0 unspecified atom stereocenters. The molecule has 2 aromatic carbocycles. The lowest BCUT2D eigenvalue weighted by Gasteiger charge is -2.06. The molecule has 0 radical (unpaired) electrons. The van der Waals surface area contributed by atoms with Crippen molar-refractivity contribution < 1.29 is 9.18 Å². The van der Waals surface area contributed by atoms with Gasteiger partial charge in [0.1, 0.15) is 5.82 Å². The van der Waals surface area contributed by atoms with Gasteiger partial charge in [-0.05, 0) is 25.1 Å². The van der Waals surface area contributed by atoms with Gasteiger partial charge in [0.2, 0.25) is 5.91 Å². The zero-order valence-electron chi connectivity index (χ0n) is 13.9. The van der Waals surface area contributed by atoms with Gasteiger partial charge in [-0.3, -0.25) is 4.79 Å². The number of halogens is 1. The maximum Gasteiger partial charge on any atom is 0.234 e. The highest BCUT2D eigenvalue weighted by molar-refractivity contribution is 7.99. The van der Waals surface area contributed by atoms with Crippen LogP contribution in [0.1, 0.15) is 5.56 Å². The summed E-state index contributed by atoms with van der Waals surface area (Å²) in [5.41, 5.74) is 2.28. The second-order valence-corrected chi connectivity index (χ2v) is 6.49. The third kappa shape index (κ3) is 4.06. The van der Waals surface area contributed by atoms with Gasteiger partial charge in [-0.1, -0.05) is 47.7 Å². The molecule has 3 aromatic rings. The van der Waals surface area contributed by atoms with E-state index in [4.69, 9.17) is 0 Å². The largest absolute Gasteiger partial charge is 0.323 e. The van der Waals surface area contributed by atoms with E-state index in [1.54, 1.807) is 12.1 Å². The monoisotopic (exact) mass is 356 g/mol. The molecule has 0 aliphatic rings. The Morgan fingerprint density at radius 2 is 2.00 bits per heavy atom. The van der Waals surface area contributed by atoms with E-state index < -0.39 is 5.82 Å². The standard InChI is InChI=1S/C18H17FN4OS/c1-12-6-5-7-13(10-12)17-21-22-18(23(17)2)25-11-16(24)20-15-9-4-3-8-14(15)19/h3-10H,11H2,1-2H3,(H,20,24). The van der Waals surface area contributed by atoms with Crippen LogP contribution < -0.4 is 5.32 Å². The van der Waals surface area contributed by atoms with E-state index in [1.165, 1.54) is 23.9 Å². The number of carbonyl (C=O) groups excluding carboxylic acids is 1. The van der Waals surface area contributed by atoms with Crippen LogP contribution in [-0.2, 0) is 11.8 Å². The molecule has 25 heavy (non-hydrogen) atoms. The number of carbonyl (C=O) groups is 1. The second-order valence-electron chi connectivity index (χ2n) is 5.55. The lowest BCUT2D eigenvalue weighted by atomic mass is 10.1. The molecule has 1 amide bonds. The van der Waals surface area contributed by atoms with E-state index >= 15 is 0 Å². The van der Waals surface area contributed by atoms with Gasteiger partial charge in [0, 0.05) is 12.6 Å². The van der Waals surface area contributed by atoms with Crippen LogP contribution in [0.5, 0.6) is 0 Å². The number of nitrogens with zero attached hydrogens (tertiary/aromatic N) is 3. The van der Waals surface area contributed by atoms with Gasteiger partial charge in [0.25, 0.3) is 0 Å². The van der Waals surface area contributed by atoms with E-state index in [1.807, 2.05) is 42.8 Å². The summed E-state index contributed by atoms with van der Waals surface area (Å²) in [5, 5.41) is 11.5. The Morgan fingerprint density at radius 3 is 2.76 bits per heavy atom. The molecule has 7 heteroatoms. The van der Waals surface area contributed by atoms with Crippen LogP contribution in [0.3, 0.4) is 0 Å². The fourth-order valence-electron chi connectivity index (χ4n) is 2.36. The molecule has 1 heterocycles. The molecule has 1 N–H and O–H groups in total. The van der Waals surface area contributed by atoms with Crippen LogP contribution in [0.4, 0.5) is 10.1 Å². The summed E-state index contributed by atoms with van der Waals surface area (Å²) in [6.45, 7) is 2.02. The molecule has 0 spiro atoms. The quantitative estimate of drug-likeness (QED) is 0.709. The molecule has 0 saturated carbocycles. The molecule has 5 nitrogen and oxygen atoms in total. The highest BCUT2D eigenvalue weighted by Crippen LogP contribution is 2.23. The highest BCUT2D eigenvalue weighted by atomic mass is 32.2. The maximum atomic E-state index is 13.6. The Balaban J connectivity index is 1.66. The first kappa shape index (κ1) is 17.2.